The third kappa shape index (κ3) is 8.94. The summed E-state index contributed by atoms with van der Waals surface area (Å²) in [5, 5.41) is 33.2. The molecule has 0 aromatic rings. The first-order chi connectivity index (χ1) is 12.6. The summed E-state index contributed by atoms with van der Waals surface area (Å²) in [6.07, 6.45) is -0.862. The van der Waals surface area contributed by atoms with Crippen molar-refractivity contribution in [1.82, 2.24) is 16.0 Å². The van der Waals surface area contributed by atoms with Crippen molar-refractivity contribution in [3.8, 4) is 0 Å². The Kier molecular flexibility index (Phi) is 11.4. The molecule has 0 rings (SSSR count). The number of amides is 3. The second kappa shape index (κ2) is 12.4. The first kappa shape index (κ1) is 25.0. The molecule has 0 saturated carbocycles. The molecule has 0 spiro atoms. The summed E-state index contributed by atoms with van der Waals surface area (Å²) in [6, 6.07) is -5.62. The van der Waals surface area contributed by atoms with Gasteiger partial charge < -0.3 is 37.0 Å². The van der Waals surface area contributed by atoms with Crippen molar-refractivity contribution in [3.63, 3.8) is 0 Å². The van der Waals surface area contributed by atoms with Crippen molar-refractivity contribution in [3.05, 3.63) is 0 Å². The second-order valence-electron chi connectivity index (χ2n) is 5.27. The van der Waals surface area contributed by atoms with Gasteiger partial charge in [-0.3, -0.25) is 19.2 Å². The average Bonchev–Trinajstić information content (AvgIpc) is 2.61. The molecule has 0 aromatic heterocycles. The van der Waals surface area contributed by atoms with Crippen LogP contribution < -0.4 is 21.7 Å². The first-order valence-electron chi connectivity index (χ1n) is 7.51. The molecule has 0 aliphatic heterocycles. The van der Waals surface area contributed by atoms with E-state index in [-0.39, 0.29) is 11.5 Å². The number of hydrogen-bond donors (Lipinski definition) is 9. The van der Waals surface area contributed by atoms with Gasteiger partial charge in [-0.25, -0.2) is 4.79 Å². The maximum Gasteiger partial charge on any atom is 0.327 e. The molecular formula is C13H22N4O8S2. The number of thiol groups is 2. The van der Waals surface area contributed by atoms with E-state index in [4.69, 9.17) is 15.9 Å². The van der Waals surface area contributed by atoms with Crippen LogP contribution in [0.2, 0.25) is 0 Å². The Morgan fingerprint density at radius 3 is 1.70 bits per heavy atom. The number of hydrogen-bond acceptors (Lipinski definition) is 9. The van der Waals surface area contributed by atoms with Gasteiger partial charge in [-0.1, -0.05) is 0 Å². The van der Waals surface area contributed by atoms with Gasteiger partial charge in [0.1, 0.15) is 18.1 Å². The second-order valence-corrected chi connectivity index (χ2v) is 6.00. The molecule has 3 amide bonds. The van der Waals surface area contributed by atoms with E-state index in [1.807, 2.05) is 10.6 Å². The minimum atomic E-state index is -1.65. The number of rotatable bonds is 12. The van der Waals surface area contributed by atoms with Gasteiger partial charge in [0, 0.05) is 11.5 Å². The predicted molar refractivity (Wildman–Crippen MR) is 98.4 cm³/mol. The number of aliphatic hydroxyl groups excluding tert-OH is 1. The van der Waals surface area contributed by atoms with Gasteiger partial charge in [-0.15, -0.1) is 0 Å². The molecule has 0 saturated heterocycles. The minimum absolute atomic E-state index is 0.0318. The van der Waals surface area contributed by atoms with Crippen molar-refractivity contribution in [1.29, 1.82) is 0 Å². The largest absolute Gasteiger partial charge is 0.481 e. The fraction of sp³-hybridized carbons (Fsp3) is 0.615. The number of carbonyl (C=O) groups is 5. The van der Waals surface area contributed by atoms with Crippen LogP contribution in [0, 0.1) is 0 Å². The summed E-state index contributed by atoms with van der Waals surface area (Å²) in [5.41, 5.74) is 5.43. The van der Waals surface area contributed by atoms with E-state index in [1.54, 1.807) is 0 Å². The highest BCUT2D eigenvalue weighted by Gasteiger charge is 2.30. The Hall–Kier alpha value is -2.03. The van der Waals surface area contributed by atoms with Gasteiger partial charge in [-0.05, 0) is 0 Å². The van der Waals surface area contributed by atoms with Crippen LogP contribution in [0.4, 0.5) is 0 Å². The quantitative estimate of drug-likeness (QED) is 0.140. The summed E-state index contributed by atoms with van der Waals surface area (Å²) in [6.45, 7) is -0.854. The van der Waals surface area contributed by atoms with E-state index < -0.39 is 66.9 Å². The molecule has 27 heavy (non-hydrogen) atoms. The van der Waals surface area contributed by atoms with Gasteiger partial charge in [0.05, 0.1) is 19.1 Å². The number of aliphatic hydroxyl groups is 1. The van der Waals surface area contributed by atoms with Gasteiger partial charge in [0.25, 0.3) is 0 Å². The lowest BCUT2D eigenvalue weighted by atomic mass is 10.1. The van der Waals surface area contributed by atoms with Crippen molar-refractivity contribution < 1.29 is 39.3 Å². The highest BCUT2D eigenvalue weighted by molar-refractivity contribution is 7.80. The van der Waals surface area contributed by atoms with Crippen LogP contribution in [0.1, 0.15) is 6.42 Å². The normalized spacial score (nSPS) is 15.0. The molecule has 12 nitrogen and oxygen atoms in total. The third-order valence-electron chi connectivity index (χ3n) is 3.16. The number of carboxylic acid groups (broad SMARTS) is 2. The minimum Gasteiger partial charge on any atom is -0.481 e. The maximum absolute atomic E-state index is 12.2. The summed E-state index contributed by atoms with van der Waals surface area (Å²) < 4.78 is 0. The van der Waals surface area contributed by atoms with Crippen molar-refractivity contribution in [2.75, 3.05) is 18.1 Å². The lowest BCUT2D eigenvalue weighted by Crippen LogP contribution is -2.58. The zero-order chi connectivity index (χ0) is 21.1. The van der Waals surface area contributed by atoms with Gasteiger partial charge in [0.2, 0.25) is 17.7 Å². The van der Waals surface area contributed by atoms with E-state index in [1.165, 1.54) is 0 Å². The van der Waals surface area contributed by atoms with Crippen molar-refractivity contribution in [2.45, 2.75) is 30.6 Å². The highest BCUT2D eigenvalue weighted by atomic mass is 32.1. The SMILES string of the molecule is NC(CS)C(=O)NC(CO)C(=O)NC(CC(=O)O)C(=O)NC(CS)C(=O)O. The molecule has 14 heteroatoms. The topological polar surface area (TPSA) is 208 Å². The van der Waals surface area contributed by atoms with Crippen LogP contribution in [-0.2, 0) is 24.0 Å². The monoisotopic (exact) mass is 426 g/mol. The van der Waals surface area contributed by atoms with Crippen LogP contribution in [-0.4, -0.2) is 87.3 Å². The Labute approximate surface area is 165 Å². The molecule has 0 aromatic carbocycles. The summed E-state index contributed by atoms with van der Waals surface area (Å²) in [5.74, 6) is -6.09. The fourth-order valence-corrected chi connectivity index (χ4v) is 2.08. The van der Waals surface area contributed by atoms with Crippen LogP contribution in [0.25, 0.3) is 0 Å². The molecule has 0 radical (unpaired) electrons. The zero-order valence-electron chi connectivity index (χ0n) is 14.0. The maximum atomic E-state index is 12.2. The van der Waals surface area contributed by atoms with Crippen LogP contribution in [0.15, 0.2) is 0 Å². The Morgan fingerprint density at radius 1 is 0.815 bits per heavy atom. The Bertz CT molecular complexity index is 577. The van der Waals surface area contributed by atoms with Crippen LogP contribution in [0.5, 0.6) is 0 Å². The number of aliphatic carboxylic acids is 2. The Balaban J connectivity index is 5.16. The molecule has 154 valence electrons. The highest BCUT2D eigenvalue weighted by Crippen LogP contribution is 1.98. The fourth-order valence-electron chi connectivity index (χ4n) is 1.67. The first-order valence-corrected chi connectivity index (χ1v) is 8.77. The number of carboxylic acids is 2. The molecule has 4 unspecified atom stereocenters. The number of nitrogens with one attached hydrogen (secondary N) is 3. The van der Waals surface area contributed by atoms with Gasteiger partial charge in [-0.2, -0.15) is 25.3 Å². The van der Waals surface area contributed by atoms with Crippen molar-refractivity contribution >= 4 is 54.9 Å². The molecule has 8 N–H and O–H groups in total. The molecule has 4 atom stereocenters. The average molecular weight is 426 g/mol. The summed E-state index contributed by atoms with van der Waals surface area (Å²) >= 11 is 7.57. The summed E-state index contributed by atoms with van der Waals surface area (Å²) in [7, 11) is 0. The smallest absolute Gasteiger partial charge is 0.327 e. The van der Waals surface area contributed by atoms with Gasteiger partial charge in [0.15, 0.2) is 0 Å². The number of carbonyl (C=O) groups excluding carboxylic acids is 3. The lowest BCUT2D eigenvalue weighted by molar-refractivity contribution is -0.143. The molecule has 0 aliphatic carbocycles. The Morgan fingerprint density at radius 2 is 1.30 bits per heavy atom. The van der Waals surface area contributed by atoms with Crippen molar-refractivity contribution in [2.24, 2.45) is 5.73 Å². The van der Waals surface area contributed by atoms with E-state index in [0.29, 0.717) is 0 Å². The van der Waals surface area contributed by atoms with E-state index in [9.17, 15) is 29.1 Å². The molecular weight excluding hydrogens is 404 g/mol. The molecule has 0 aliphatic rings. The number of nitrogens with two attached hydrogens (primary N) is 1. The zero-order valence-corrected chi connectivity index (χ0v) is 15.8. The van der Waals surface area contributed by atoms with Crippen LogP contribution in [0.3, 0.4) is 0 Å². The third-order valence-corrected chi connectivity index (χ3v) is 3.92. The predicted octanol–water partition coefficient (Wildman–Crippen LogP) is -3.82. The van der Waals surface area contributed by atoms with E-state index in [0.717, 1.165) is 0 Å². The van der Waals surface area contributed by atoms with E-state index in [2.05, 4.69) is 30.6 Å². The van der Waals surface area contributed by atoms with Gasteiger partial charge >= 0.3 is 11.9 Å². The van der Waals surface area contributed by atoms with E-state index >= 15 is 0 Å². The summed E-state index contributed by atoms with van der Waals surface area (Å²) in [4.78, 5) is 57.8. The standard InChI is InChI=1S/C13H22N4O8S2/c14-5(3-26)10(21)16-7(2-18)12(23)15-6(1-9(19)20)11(22)17-8(4-27)13(24)25/h5-8,18,26-27H,1-4,14H2,(H,15,23)(H,16,21)(H,17,22)(H,19,20)(H,24,25). The van der Waals surface area contributed by atoms with Crippen LogP contribution >= 0.6 is 25.3 Å². The lowest BCUT2D eigenvalue weighted by Gasteiger charge is -2.23. The molecule has 0 fully saturated rings. The molecule has 0 bridgehead atoms. The molecule has 0 heterocycles.